The van der Waals surface area contributed by atoms with E-state index in [0.717, 1.165) is 19.3 Å². The predicted octanol–water partition coefficient (Wildman–Crippen LogP) is 1.03. The standard InChI is InChI=1S/C13H26N2O2/c1-10-4-3-6-13(14,8-10)12(17)15-9-11(2)5-7-16/h10-11,16H,3-9,14H2,1-2H3,(H,15,17). The van der Waals surface area contributed by atoms with Crippen molar-refractivity contribution in [2.75, 3.05) is 13.2 Å². The first kappa shape index (κ1) is 14.5. The minimum atomic E-state index is -0.670. The molecule has 0 aromatic rings. The van der Waals surface area contributed by atoms with Gasteiger partial charge >= 0.3 is 0 Å². The van der Waals surface area contributed by atoms with Crippen LogP contribution in [0.4, 0.5) is 0 Å². The van der Waals surface area contributed by atoms with Crippen LogP contribution >= 0.6 is 0 Å². The van der Waals surface area contributed by atoms with Crippen LogP contribution in [0, 0.1) is 11.8 Å². The van der Waals surface area contributed by atoms with Crippen LogP contribution in [0.1, 0.15) is 46.0 Å². The van der Waals surface area contributed by atoms with Crippen molar-refractivity contribution < 1.29 is 9.90 Å². The van der Waals surface area contributed by atoms with Gasteiger partial charge in [0.2, 0.25) is 5.91 Å². The van der Waals surface area contributed by atoms with Gasteiger partial charge in [0.15, 0.2) is 0 Å². The predicted molar refractivity (Wildman–Crippen MR) is 68.4 cm³/mol. The molecule has 1 amide bonds. The van der Waals surface area contributed by atoms with Crippen LogP contribution in [-0.4, -0.2) is 29.7 Å². The van der Waals surface area contributed by atoms with Crippen molar-refractivity contribution in [3.63, 3.8) is 0 Å². The highest BCUT2D eigenvalue weighted by atomic mass is 16.3. The molecule has 17 heavy (non-hydrogen) atoms. The summed E-state index contributed by atoms with van der Waals surface area (Å²) in [5.41, 5.74) is 5.52. The van der Waals surface area contributed by atoms with Crippen LogP contribution in [0.25, 0.3) is 0 Å². The summed E-state index contributed by atoms with van der Waals surface area (Å²) >= 11 is 0. The van der Waals surface area contributed by atoms with Crippen molar-refractivity contribution in [3.8, 4) is 0 Å². The highest BCUT2D eigenvalue weighted by molar-refractivity contribution is 5.86. The minimum Gasteiger partial charge on any atom is -0.396 e. The van der Waals surface area contributed by atoms with Gasteiger partial charge in [0, 0.05) is 13.2 Å². The topological polar surface area (TPSA) is 75.3 Å². The summed E-state index contributed by atoms with van der Waals surface area (Å²) in [4.78, 5) is 12.1. The second-order valence-electron chi connectivity index (χ2n) is 5.69. The maximum atomic E-state index is 12.1. The fourth-order valence-corrected chi connectivity index (χ4v) is 2.56. The molecule has 4 N–H and O–H groups in total. The van der Waals surface area contributed by atoms with Gasteiger partial charge in [0.25, 0.3) is 0 Å². The highest BCUT2D eigenvalue weighted by Gasteiger charge is 2.37. The smallest absolute Gasteiger partial charge is 0.240 e. The van der Waals surface area contributed by atoms with E-state index in [0.29, 0.717) is 24.8 Å². The Labute approximate surface area is 104 Å². The summed E-state index contributed by atoms with van der Waals surface area (Å²) in [5, 5.41) is 11.7. The Hall–Kier alpha value is -0.610. The third kappa shape index (κ3) is 4.28. The van der Waals surface area contributed by atoms with Crippen molar-refractivity contribution in [1.29, 1.82) is 0 Å². The maximum absolute atomic E-state index is 12.1. The van der Waals surface area contributed by atoms with Gasteiger partial charge < -0.3 is 16.2 Å². The first-order valence-electron chi connectivity index (χ1n) is 6.66. The zero-order valence-corrected chi connectivity index (χ0v) is 11.0. The number of rotatable bonds is 5. The molecule has 0 bridgehead atoms. The van der Waals surface area contributed by atoms with E-state index in [1.807, 2.05) is 6.92 Å². The number of hydrogen-bond donors (Lipinski definition) is 3. The Morgan fingerprint density at radius 3 is 2.94 bits per heavy atom. The molecule has 1 saturated carbocycles. The molecule has 3 unspecified atom stereocenters. The summed E-state index contributed by atoms with van der Waals surface area (Å²) < 4.78 is 0. The molecule has 0 radical (unpaired) electrons. The van der Waals surface area contributed by atoms with Crippen molar-refractivity contribution in [2.45, 2.75) is 51.5 Å². The van der Waals surface area contributed by atoms with Gasteiger partial charge in [-0.3, -0.25) is 4.79 Å². The SMILES string of the molecule is CC(CCO)CNC(=O)C1(N)CCCC(C)C1. The fourth-order valence-electron chi connectivity index (χ4n) is 2.56. The molecule has 0 aromatic heterocycles. The zero-order chi connectivity index (χ0) is 12.9. The molecule has 0 heterocycles. The Kier molecular flexibility index (Phi) is 5.40. The van der Waals surface area contributed by atoms with Crippen LogP contribution in [0.2, 0.25) is 0 Å². The van der Waals surface area contributed by atoms with Gasteiger partial charge in [-0.25, -0.2) is 0 Å². The van der Waals surface area contributed by atoms with E-state index >= 15 is 0 Å². The lowest BCUT2D eigenvalue weighted by atomic mass is 9.76. The average Bonchev–Trinajstić information content (AvgIpc) is 2.26. The highest BCUT2D eigenvalue weighted by Crippen LogP contribution is 2.30. The number of aliphatic hydroxyl groups excluding tert-OH is 1. The molecule has 3 atom stereocenters. The number of carbonyl (C=O) groups excluding carboxylic acids is 1. The second-order valence-corrected chi connectivity index (χ2v) is 5.69. The van der Waals surface area contributed by atoms with Crippen LogP contribution in [0.3, 0.4) is 0 Å². The third-order valence-electron chi connectivity index (χ3n) is 3.72. The molecule has 0 saturated heterocycles. The van der Waals surface area contributed by atoms with E-state index in [2.05, 4.69) is 12.2 Å². The molecule has 4 heteroatoms. The molecule has 0 aliphatic heterocycles. The monoisotopic (exact) mass is 242 g/mol. The second kappa shape index (κ2) is 6.36. The first-order valence-corrected chi connectivity index (χ1v) is 6.66. The summed E-state index contributed by atoms with van der Waals surface area (Å²) in [6, 6.07) is 0. The molecule has 0 aromatic carbocycles. The number of aliphatic hydroxyl groups is 1. The summed E-state index contributed by atoms with van der Waals surface area (Å²) in [5.74, 6) is 0.816. The van der Waals surface area contributed by atoms with E-state index in [1.54, 1.807) is 0 Å². The lowest BCUT2D eigenvalue weighted by molar-refractivity contribution is -0.128. The van der Waals surface area contributed by atoms with Gasteiger partial charge in [-0.15, -0.1) is 0 Å². The van der Waals surface area contributed by atoms with Crippen molar-refractivity contribution >= 4 is 5.91 Å². The van der Waals surface area contributed by atoms with Crippen molar-refractivity contribution in [2.24, 2.45) is 17.6 Å². The summed E-state index contributed by atoms with van der Waals surface area (Å²) in [7, 11) is 0. The van der Waals surface area contributed by atoms with Crippen molar-refractivity contribution in [1.82, 2.24) is 5.32 Å². The number of amides is 1. The van der Waals surface area contributed by atoms with Crippen LogP contribution < -0.4 is 11.1 Å². The molecule has 100 valence electrons. The fraction of sp³-hybridized carbons (Fsp3) is 0.923. The molecular formula is C13H26N2O2. The van der Waals surface area contributed by atoms with E-state index < -0.39 is 5.54 Å². The number of nitrogens with one attached hydrogen (secondary N) is 1. The van der Waals surface area contributed by atoms with Gasteiger partial charge in [-0.1, -0.05) is 26.7 Å². The van der Waals surface area contributed by atoms with Gasteiger partial charge in [0.05, 0.1) is 5.54 Å². The molecule has 1 aliphatic carbocycles. The molecular weight excluding hydrogens is 216 g/mol. The number of carbonyl (C=O) groups is 1. The number of hydrogen-bond acceptors (Lipinski definition) is 3. The average molecular weight is 242 g/mol. The normalized spacial score (nSPS) is 30.9. The van der Waals surface area contributed by atoms with Crippen LogP contribution in [0.15, 0.2) is 0 Å². The quantitative estimate of drug-likeness (QED) is 0.674. The Morgan fingerprint density at radius 2 is 2.35 bits per heavy atom. The minimum absolute atomic E-state index is 0.0196. The van der Waals surface area contributed by atoms with E-state index in [-0.39, 0.29) is 12.5 Å². The van der Waals surface area contributed by atoms with Gasteiger partial charge in [0.1, 0.15) is 0 Å². The largest absolute Gasteiger partial charge is 0.396 e. The molecule has 0 spiro atoms. The zero-order valence-electron chi connectivity index (χ0n) is 11.0. The molecule has 1 fully saturated rings. The van der Waals surface area contributed by atoms with Crippen molar-refractivity contribution in [3.05, 3.63) is 0 Å². The molecule has 4 nitrogen and oxygen atoms in total. The lowest BCUT2D eigenvalue weighted by Gasteiger charge is -2.35. The van der Waals surface area contributed by atoms with E-state index in [4.69, 9.17) is 10.8 Å². The Balaban J connectivity index is 2.40. The lowest BCUT2D eigenvalue weighted by Crippen LogP contribution is -2.56. The van der Waals surface area contributed by atoms with E-state index in [1.165, 1.54) is 6.42 Å². The first-order chi connectivity index (χ1) is 7.98. The maximum Gasteiger partial charge on any atom is 0.240 e. The summed E-state index contributed by atoms with van der Waals surface area (Å²) in [6.45, 7) is 4.94. The molecule has 1 rings (SSSR count). The molecule has 1 aliphatic rings. The number of nitrogens with two attached hydrogens (primary N) is 1. The van der Waals surface area contributed by atoms with Crippen LogP contribution in [0.5, 0.6) is 0 Å². The van der Waals surface area contributed by atoms with Crippen LogP contribution in [-0.2, 0) is 4.79 Å². The van der Waals surface area contributed by atoms with E-state index in [9.17, 15) is 4.79 Å². The van der Waals surface area contributed by atoms with Gasteiger partial charge in [-0.2, -0.15) is 0 Å². The third-order valence-corrected chi connectivity index (χ3v) is 3.72. The Bertz CT molecular complexity index is 258. The Morgan fingerprint density at radius 1 is 1.65 bits per heavy atom. The summed E-state index contributed by atoms with van der Waals surface area (Å²) in [6.07, 6.45) is 4.50. The van der Waals surface area contributed by atoms with Gasteiger partial charge in [-0.05, 0) is 31.1 Å².